The number of ether oxygens (including phenoxy) is 1. The van der Waals surface area contributed by atoms with Gasteiger partial charge in [0.15, 0.2) is 0 Å². The van der Waals surface area contributed by atoms with Crippen molar-refractivity contribution >= 4 is 29.6 Å². The van der Waals surface area contributed by atoms with Crippen molar-refractivity contribution in [3.8, 4) is 5.88 Å². The van der Waals surface area contributed by atoms with Crippen LogP contribution in [0.2, 0.25) is 0 Å². The van der Waals surface area contributed by atoms with Crippen molar-refractivity contribution < 1.29 is 4.74 Å². The molecule has 1 radical (unpaired) electrons. The number of rotatable bonds is 3. The molecule has 0 saturated heterocycles. The summed E-state index contributed by atoms with van der Waals surface area (Å²) in [6.07, 6.45) is 2.54. The summed E-state index contributed by atoms with van der Waals surface area (Å²) < 4.78 is 5.30. The molecule has 0 N–H and O–H groups in total. The van der Waals surface area contributed by atoms with E-state index >= 15 is 0 Å². The van der Waals surface area contributed by atoms with Gasteiger partial charge in [0.2, 0.25) is 5.88 Å². The van der Waals surface area contributed by atoms with Gasteiger partial charge in [-0.1, -0.05) is 30.3 Å². The summed E-state index contributed by atoms with van der Waals surface area (Å²) in [5.41, 5.74) is 3.59. The first-order valence-corrected chi connectivity index (χ1v) is 6.50. The molecule has 0 atom stereocenters. The zero-order chi connectivity index (χ0) is 13.1. The Morgan fingerprint density at radius 3 is 2.75 bits per heavy atom. The normalized spacial score (nSPS) is 14.2. The van der Waals surface area contributed by atoms with Crippen molar-refractivity contribution in [1.82, 2.24) is 14.9 Å². The van der Waals surface area contributed by atoms with E-state index < -0.39 is 0 Å². The molecule has 0 bridgehead atoms. The summed E-state index contributed by atoms with van der Waals surface area (Å²) in [6, 6.07) is 10.5. The van der Waals surface area contributed by atoms with Crippen LogP contribution in [-0.2, 0) is 19.5 Å². The van der Waals surface area contributed by atoms with Crippen molar-refractivity contribution in [3.05, 3.63) is 53.5 Å². The number of benzene rings is 1. The minimum atomic E-state index is 0. The summed E-state index contributed by atoms with van der Waals surface area (Å²) in [5, 5.41) is 0. The smallest absolute Gasteiger partial charge is 0.219 e. The third kappa shape index (κ3) is 3.38. The van der Waals surface area contributed by atoms with Crippen LogP contribution in [0.4, 0.5) is 0 Å². The summed E-state index contributed by atoms with van der Waals surface area (Å²) in [4.78, 5) is 11.0. The molecular formula is C15H17N3NaO. The van der Waals surface area contributed by atoms with Crippen LogP contribution in [0.15, 0.2) is 36.7 Å². The summed E-state index contributed by atoms with van der Waals surface area (Å²) >= 11 is 0. The van der Waals surface area contributed by atoms with E-state index in [9.17, 15) is 0 Å². The first-order valence-electron chi connectivity index (χ1n) is 6.50. The minimum Gasteiger partial charge on any atom is -0.481 e. The van der Waals surface area contributed by atoms with Gasteiger partial charge in [-0.3, -0.25) is 4.90 Å². The maximum atomic E-state index is 5.30. The molecule has 0 unspecified atom stereocenters. The van der Waals surface area contributed by atoms with E-state index in [0.717, 1.165) is 43.2 Å². The van der Waals surface area contributed by atoms with Gasteiger partial charge in [0.1, 0.15) is 6.33 Å². The standard InChI is InChI=1S/C15H17N3O.Na/c1-19-15-13-7-8-18(10-14(13)16-11-17-15)9-12-5-3-2-4-6-12;/h2-6,11H,7-10H2,1H3;. The SMILES string of the molecule is COc1ncnc2c1CCN(Cc1ccccc1)C2.[Na]. The fourth-order valence-electron chi connectivity index (χ4n) is 2.53. The van der Waals surface area contributed by atoms with Gasteiger partial charge >= 0.3 is 0 Å². The predicted molar refractivity (Wildman–Crippen MR) is 78.6 cm³/mol. The van der Waals surface area contributed by atoms with Gasteiger partial charge in [-0.05, 0) is 12.0 Å². The quantitative estimate of drug-likeness (QED) is 0.800. The van der Waals surface area contributed by atoms with E-state index in [-0.39, 0.29) is 29.6 Å². The summed E-state index contributed by atoms with van der Waals surface area (Å²) in [7, 11) is 1.67. The van der Waals surface area contributed by atoms with Gasteiger partial charge in [-0.15, -0.1) is 0 Å². The first-order chi connectivity index (χ1) is 9.36. The van der Waals surface area contributed by atoms with Gasteiger partial charge in [0.25, 0.3) is 0 Å². The van der Waals surface area contributed by atoms with E-state index in [2.05, 4.69) is 39.1 Å². The van der Waals surface area contributed by atoms with E-state index in [4.69, 9.17) is 4.74 Å². The predicted octanol–water partition coefficient (Wildman–Crippen LogP) is 1.66. The molecule has 2 aromatic rings. The Morgan fingerprint density at radius 1 is 1.20 bits per heavy atom. The molecule has 2 heterocycles. The molecule has 0 spiro atoms. The zero-order valence-electron chi connectivity index (χ0n) is 12.0. The maximum absolute atomic E-state index is 5.30. The third-order valence-electron chi connectivity index (χ3n) is 3.49. The Morgan fingerprint density at radius 2 is 2.00 bits per heavy atom. The number of hydrogen-bond donors (Lipinski definition) is 0. The van der Waals surface area contributed by atoms with Gasteiger partial charge in [-0.2, -0.15) is 0 Å². The average Bonchev–Trinajstić information content (AvgIpc) is 2.47. The van der Waals surface area contributed by atoms with Crippen molar-refractivity contribution in [2.75, 3.05) is 13.7 Å². The van der Waals surface area contributed by atoms with Crippen LogP contribution < -0.4 is 4.74 Å². The largest absolute Gasteiger partial charge is 0.481 e. The molecule has 0 amide bonds. The van der Waals surface area contributed by atoms with Crippen LogP contribution in [0.1, 0.15) is 16.8 Å². The Bertz CT molecular complexity index is 562. The van der Waals surface area contributed by atoms with Gasteiger partial charge < -0.3 is 4.74 Å². The van der Waals surface area contributed by atoms with Gasteiger partial charge in [0, 0.05) is 54.8 Å². The number of aromatic nitrogens is 2. The molecule has 0 saturated carbocycles. The average molecular weight is 278 g/mol. The van der Waals surface area contributed by atoms with Crippen LogP contribution in [0.5, 0.6) is 5.88 Å². The van der Waals surface area contributed by atoms with Crippen molar-refractivity contribution in [3.63, 3.8) is 0 Å². The Hall–Kier alpha value is -0.940. The summed E-state index contributed by atoms with van der Waals surface area (Å²) in [5.74, 6) is 0.726. The topological polar surface area (TPSA) is 38.3 Å². The van der Waals surface area contributed by atoms with Crippen LogP contribution in [0.3, 0.4) is 0 Å². The molecule has 1 aromatic carbocycles. The molecule has 99 valence electrons. The van der Waals surface area contributed by atoms with E-state index in [0.29, 0.717) is 0 Å². The fourth-order valence-corrected chi connectivity index (χ4v) is 2.53. The van der Waals surface area contributed by atoms with Gasteiger partial charge in [-0.25, -0.2) is 9.97 Å². The Labute approximate surface area is 141 Å². The van der Waals surface area contributed by atoms with E-state index in [1.165, 1.54) is 5.56 Å². The second-order valence-electron chi connectivity index (χ2n) is 4.75. The van der Waals surface area contributed by atoms with E-state index in [1.807, 2.05) is 6.07 Å². The molecule has 4 nitrogen and oxygen atoms in total. The fraction of sp³-hybridized carbons (Fsp3) is 0.333. The molecule has 20 heavy (non-hydrogen) atoms. The van der Waals surface area contributed by atoms with Crippen molar-refractivity contribution in [2.45, 2.75) is 19.5 Å². The minimum absolute atomic E-state index is 0. The van der Waals surface area contributed by atoms with Gasteiger partial charge in [0.05, 0.1) is 12.8 Å². The molecule has 3 rings (SSSR count). The van der Waals surface area contributed by atoms with Crippen molar-refractivity contribution in [2.24, 2.45) is 0 Å². The molecule has 1 aliphatic heterocycles. The second-order valence-corrected chi connectivity index (χ2v) is 4.75. The summed E-state index contributed by atoms with van der Waals surface area (Å²) in [6.45, 7) is 2.85. The number of hydrogen-bond acceptors (Lipinski definition) is 4. The molecule has 0 aliphatic carbocycles. The van der Waals surface area contributed by atoms with Crippen LogP contribution in [0.25, 0.3) is 0 Å². The molecule has 5 heteroatoms. The second kappa shape index (κ2) is 7.18. The first kappa shape index (κ1) is 15.4. The van der Waals surface area contributed by atoms with Crippen LogP contribution >= 0.6 is 0 Å². The number of fused-ring (bicyclic) bond motifs is 1. The molecule has 0 fully saturated rings. The van der Waals surface area contributed by atoms with Crippen molar-refractivity contribution in [1.29, 1.82) is 0 Å². The third-order valence-corrected chi connectivity index (χ3v) is 3.49. The number of methoxy groups -OCH3 is 1. The molecular weight excluding hydrogens is 261 g/mol. The zero-order valence-corrected chi connectivity index (χ0v) is 14.0. The maximum Gasteiger partial charge on any atom is 0.219 e. The Kier molecular flexibility index (Phi) is 5.54. The monoisotopic (exact) mass is 278 g/mol. The molecule has 1 aromatic heterocycles. The van der Waals surface area contributed by atoms with Crippen LogP contribution in [0, 0.1) is 0 Å². The molecule has 1 aliphatic rings. The number of nitrogens with zero attached hydrogens (tertiary/aromatic N) is 3. The Balaban J connectivity index is 0.00000147. The van der Waals surface area contributed by atoms with Crippen LogP contribution in [-0.4, -0.2) is 58.1 Å². The van der Waals surface area contributed by atoms with E-state index in [1.54, 1.807) is 13.4 Å².